The Morgan fingerprint density at radius 1 is 1.29 bits per heavy atom. The number of anilines is 2. The number of primary amides is 1. The topological polar surface area (TPSA) is 113 Å². The minimum absolute atomic E-state index is 0.0751. The summed E-state index contributed by atoms with van der Waals surface area (Å²) in [6.45, 7) is 9.01. The van der Waals surface area contributed by atoms with Gasteiger partial charge < -0.3 is 21.5 Å². The van der Waals surface area contributed by atoms with Crippen LogP contribution in [0.25, 0.3) is 0 Å². The summed E-state index contributed by atoms with van der Waals surface area (Å²) in [7, 11) is 0. The lowest BCUT2D eigenvalue weighted by atomic mass is 9.33. The van der Waals surface area contributed by atoms with Gasteiger partial charge in [0.1, 0.15) is 5.82 Å². The van der Waals surface area contributed by atoms with Crippen molar-refractivity contribution in [3.8, 4) is 0 Å². The van der Waals surface area contributed by atoms with E-state index in [-0.39, 0.29) is 17.7 Å². The number of rotatable bonds is 5. The second kappa shape index (κ2) is 6.31. The van der Waals surface area contributed by atoms with Crippen LogP contribution in [0.5, 0.6) is 0 Å². The number of aliphatic hydroxyl groups excluding tert-OH is 1. The Kier molecular flexibility index (Phi) is 4.38. The number of hydrogen-bond acceptors (Lipinski definition) is 6. The zero-order valence-electron chi connectivity index (χ0n) is 17.4. The molecular weight excluding hydrogens is 354 g/mol. The minimum atomic E-state index is -0.545. The molecule has 4 aliphatic carbocycles. The van der Waals surface area contributed by atoms with Gasteiger partial charge in [0.25, 0.3) is 5.91 Å². The molecule has 4 saturated carbocycles. The Labute approximate surface area is 166 Å². The van der Waals surface area contributed by atoms with Crippen molar-refractivity contribution in [2.24, 2.45) is 22.5 Å². The summed E-state index contributed by atoms with van der Waals surface area (Å²) in [5.74, 6) is 0.764. The van der Waals surface area contributed by atoms with Crippen molar-refractivity contribution in [2.75, 3.05) is 10.6 Å². The third-order valence-electron chi connectivity index (χ3n) is 7.55. The summed E-state index contributed by atoms with van der Waals surface area (Å²) in [6.07, 6.45) is 7.11. The lowest BCUT2D eigenvalue weighted by Crippen LogP contribution is -2.74. The first-order valence-corrected chi connectivity index (χ1v) is 10.4. The van der Waals surface area contributed by atoms with Gasteiger partial charge in [-0.1, -0.05) is 27.7 Å². The maximum atomic E-state index is 11.8. The second-order valence-electron chi connectivity index (χ2n) is 10.5. The van der Waals surface area contributed by atoms with Gasteiger partial charge in [0.05, 0.1) is 11.7 Å². The molecule has 5 N–H and O–H groups in total. The Morgan fingerprint density at radius 3 is 2.54 bits per heavy atom. The van der Waals surface area contributed by atoms with E-state index in [0.717, 1.165) is 32.1 Å². The van der Waals surface area contributed by atoms with Crippen LogP contribution in [0.4, 0.5) is 11.8 Å². The number of aromatic nitrogens is 2. The molecule has 1 unspecified atom stereocenters. The molecule has 28 heavy (non-hydrogen) atoms. The van der Waals surface area contributed by atoms with E-state index in [1.165, 1.54) is 6.20 Å². The number of nitrogens with two attached hydrogens (primary N) is 1. The van der Waals surface area contributed by atoms with Crippen molar-refractivity contribution in [3.63, 3.8) is 0 Å². The predicted molar refractivity (Wildman–Crippen MR) is 109 cm³/mol. The van der Waals surface area contributed by atoms with Crippen molar-refractivity contribution >= 4 is 17.7 Å². The normalized spacial score (nSPS) is 36.8. The molecule has 3 atom stereocenters. The summed E-state index contributed by atoms with van der Waals surface area (Å²) >= 11 is 0. The Morgan fingerprint density at radius 2 is 1.96 bits per heavy atom. The van der Waals surface area contributed by atoms with Gasteiger partial charge in [-0.3, -0.25) is 4.79 Å². The summed E-state index contributed by atoms with van der Waals surface area (Å²) in [4.78, 5) is 20.8. The van der Waals surface area contributed by atoms with E-state index in [1.807, 2.05) is 0 Å². The molecule has 1 aromatic heterocycles. The summed E-state index contributed by atoms with van der Waals surface area (Å²) in [6, 6.07) is 0.0751. The minimum Gasteiger partial charge on any atom is -0.393 e. The fourth-order valence-electron chi connectivity index (χ4n) is 5.31. The maximum absolute atomic E-state index is 11.8. The monoisotopic (exact) mass is 387 g/mol. The van der Waals surface area contributed by atoms with Gasteiger partial charge in [0, 0.05) is 17.8 Å². The molecule has 7 nitrogen and oxygen atoms in total. The molecule has 154 valence electrons. The molecule has 0 spiro atoms. The fourth-order valence-corrected chi connectivity index (χ4v) is 5.31. The van der Waals surface area contributed by atoms with Gasteiger partial charge in [-0.05, 0) is 55.3 Å². The summed E-state index contributed by atoms with van der Waals surface area (Å²) in [5, 5.41) is 17.0. The van der Waals surface area contributed by atoms with E-state index in [1.54, 1.807) is 0 Å². The SMILES string of the molecule is C[C@@H]1CCC(Nc2nc(NC34CC(C(C)(C)C)(C3)C4)ncc2C(N)=O)C[C@H]1O. The predicted octanol–water partition coefficient (Wildman–Crippen LogP) is 2.92. The van der Waals surface area contributed by atoms with Crippen molar-refractivity contribution in [2.45, 2.75) is 83.9 Å². The number of carbonyl (C=O) groups is 1. The molecule has 0 aromatic carbocycles. The highest BCUT2D eigenvalue weighted by molar-refractivity contribution is 5.97. The molecule has 2 bridgehead atoms. The molecule has 1 heterocycles. The number of nitrogens with one attached hydrogen (secondary N) is 2. The quantitative estimate of drug-likeness (QED) is 0.618. The van der Waals surface area contributed by atoms with Crippen LogP contribution in [0, 0.1) is 16.7 Å². The summed E-state index contributed by atoms with van der Waals surface area (Å²) < 4.78 is 0. The van der Waals surface area contributed by atoms with E-state index in [0.29, 0.717) is 40.5 Å². The van der Waals surface area contributed by atoms with Gasteiger partial charge in [0.15, 0.2) is 0 Å². The number of nitrogens with zero attached hydrogens (tertiary/aromatic N) is 2. The largest absolute Gasteiger partial charge is 0.393 e. The van der Waals surface area contributed by atoms with E-state index >= 15 is 0 Å². The first-order valence-electron chi connectivity index (χ1n) is 10.4. The summed E-state index contributed by atoms with van der Waals surface area (Å²) in [5.41, 5.74) is 6.67. The van der Waals surface area contributed by atoms with E-state index in [4.69, 9.17) is 5.73 Å². The van der Waals surface area contributed by atoms with E-state index in [2.05, 4.69) is 48.3 Å². The van der Waals surface area contributed by atoms with Crippen LogP contribution in [0.1, 0.15) is 76.6 Å². The molecule has 0 aliphatic heterocycles. The molecular formula is C21H33N5O2. The number of amides is 1. The molecule has 4 fully saturated rings. The van der Waals surface area contributed by atoms with Crippen LogP contribution in [0.2, 0.25) is 0 Å². The van der Waals surface area contributed by atoms with Crippen molar-refractivity contribution in [3.05, 3.63) is 11.8 Å². The zero-order valence-corrected chi connectivity index (χ0v) is 17.4. The highest BCUT2D eigenvalue weighted by atomic mass is 16.3. The molecule has 1 amide bonds. The van der Waals surface area contributed by atoms with Gasteiger partial charge in [-0.2, -0.15) is 4.98 Å². The third-order valence-corrected chi connectivity index (χ3v) is 7.55. The molecule has 0 radical (unpaired) electrons. The van der Waals surface area contributed by atoms with Crippen molar-refractivity contribution in [1.29, 1.82) is 0 Å². The number of hydrogen-bond donors (Lipinski definition) is 4. The van der Waals surface area contributed by atoms with Gasteiger partial charge >= 0.3 is 0 Å². The Balaban J connectivity index is 1.47. The van der Waals surface area contributed by atoms with E-state index in [9.17, 15) is 9.90 Å². The first kappa shape index (κ1) is 19.4. The maximum Gasteiger partial charge on any atom is 0.254 e. The molecule has 4 aliphatic rings. The molecule has 5 rings (SSSR count). The second-order valence-corrected chi connectivity index (χ2v) is 10.5. The van der Waals surface area contributed by atoms with Crippen molar-refractivity contribution in [1.82, 2.24) is 9.97 Å². The first-order chi connectivity index (χ1) is 13.0. The zero-order chi connectivity index (χ0) is 20.3. The smallest absolute Gasteiger partial charge is 0.254 e. The Hall–Kier alpha value is -1.89. The molecule has 7 heteroatoms. The van der Waals surface area contributed by atoms with Gasteiger partial charge in [0.2, 0.25) is 5.95 Å². The lowest BCUT2D eigenvalue weighted by molar-refractivity contribution is -0.189. The van der Waals surface area contributed by atoms with Crippen LogP contribution >= 0.6 is 0 Å². The number of aliphatic hydroxyl groups is 1. The highest BCUT2D eigenvalue weighted by Gasteiger charge is 2.71. The van der Waals surface area contributed by atoms with Crippen LogP contribution in [0.15, 0.2) is 6.20 Å². The van der Waals surface area contributed by atoms with Crippen LogP contribution in [0.3, 0.4) is 0 Å². The standard InChI is InChI=1S/C21H33N5O2/c1-12-5-6-13(7-15(12)27)24-17-14(16(22)28)8-23-18(25-17)26-21-9-20(10-21,11-21)19(2,3)4/h8,12-13,15,27H,5-7,9-11H2,1-4H3,(H2,22,28)(H2,23,24,25,26)/t12-,13?,15-,20?,21?/m1/s1. The fraction of sp³-hybridized carbons (Fsp3) is 0.762. The Bertz CT molecular complexity index is 768. The molecule has 1 aromatic rings. The van der Waals surface area contributed by atoms with Crippen molar-refractivity contribution < 1.29 is 9.90 Å². The van der Waals surface area contributed by atoms with E-state index < -0.39 is 5.91 Å². The average Bonchev–Trinajstić information content (AvgIpc) is 2.51. The van der Waals surface area contributed by atoms with Crippen LogP contribution in [-0.2, 0) is 0 Å². The van der Waals surface area contributed by atoms with Crippen LogP contribution < -0.4 is 16.4 Å². The average molecular weight is 388 g/mol. The third kappa shape index (κ3) is 3.13. The van der Waals surface area contributed by atoms with Gasteiger partial charge in [-0.15, -0.1) is 0 Å². The highest BCUT2D eigenvalue weighted by Crippen LogP contribution is 2.74. The van der Waals surface area contributed by atoms with Gasteiger partial charge in [-0.25, -0.2) is 4.98 Å². The lowest BCUT2D eigenvalue weighted by Gasteiger charge is -2.75. The van der Waals surface area contributed by atoms with Crippen LogP contribution in [-0.4, -0.2) is 38.7 Å². The molecule has 0 saturated heterocycles. The number of carbonyl (C=O) groups excluding carboxylic acids is 1.